The molecule has 186 valence electrons. The summed E-state index contributed by atoms with van der Waals surface area (Å²) < 4.78 is 11.3. The number of likely N-dealkylation sites (N-methyl/N-ethyl adjacent to an activating group) is 1. The first-order valence-corrected chi connectivity index (χ1v) is 12.7. The van der Waals surface area contributed by atoms with Crippen molar-refractivity contribution in [2.24, 2.45) is 0 Å². The van der Waals surface area contributed by atoms with Crippen LogP contribution in [0.3, 0.4) is 0 Å². The molecule has 0 radical (unpaired) electrons. The lowest BCUT2D eigenvalue weighted by Gasteiger charge is -2.36. The van der Waals surface area contributed by atoms with E-state index in [-0.39, 0.29) is 6.61 Å². The zero-order chi connectivity index (χ0) is 24.9. The molecule has 1 aliphatic rings. The van der Waals surface area contributed by atoms with E-state index in [1.54, 1.807) is 19.1 Å². The van der Waals surface area contributed by atoms with Crippen molar-refractivity contribution in [1.29, 1.82) is 0 Å². The van der Waals surface area contributed by atoms with Gasteiger partial charge >= 0.3 is 5.97 Å². The Morgan fingerprint density at radius 2 is 1.80 bits per heavy atom. The number of hydrogen-bond acceptors (Lipinski definition) is 7. The lowest BCUT2D eigenvalue weighted by molar-refractivity contribution is 0.0527. The number of nitrogens with zero attached hydrogens (tertiary/aromatic N) is 3. The molecule has 1 N–H and O–H groups in total. The number of hydrogen-bond donors (Lipinski definition) is 1. The lowest BCUT2D eigenvalue weighted by atomic mass is 10.1. The van der Waals surface area contributed by atoms with Gasteiger partial charge in [0, 0.05) is 49.5 Å². The lowest BCUT2D eigenvalue weighted by Crippen LogP contribution is -2.46. The Hall–Kier alpha value is -2.74. The van der Waals surface area contributed by atoms with E-state index in [0.717, 1.165) is 49.5 Å². The van der Waals surface area contributed by atoms with Crippen molar-refractivity contribution >= 4 is 57.1 Å². The number of carbonyl (C=O) groups is 1. The molecule has 35 heavy (non-hydrogen) atoms. The number of halogens is 2. The zero-order valence-corrected chi connectivity index (χ0v) is 21.7. The Kier molecular flexibility index (Phi) is 8.21. The van der Waals surface area contributed by atoms with E-state index in [9.17, 15) is 4.79 Å². The summed E-state index contributed by atoms with van der Waals surface area (Å²) in [7, 11) is 0. The Morgan fingerprint density at radius 1 is 1.03 bits per heavy atom. The van der Waals surface area contributed by atoms with Gasteiger partial charge in [-0.15, -0.1) is 0 Å². The van der Waals surface area contributed by atoms with E-state index >= 15 is 0 Å². The largest absolute Gasteiger partial charge is 0.492 e. The number of nitrogens with one attached hydrogen (secondary N) is 1. The summed E-state index contributed by atoms with van der Waals surface area (Å²) >= 11 is 12.4. The zero-order valence-electron chi connectivity index (χ0n) is 20.2. The van der Waals surface area contributed by atoms with Crippen molar-refractivity contribution in [3.8, 4) is 5.75 Å². The van der Waals surface area contributed by atoms with Gasteiger partial charge in [-0.05, 0) is 44.7 Å². The van der Waals surface area contributed by atoms with Crippen molar-refractivity contribution in [1.82, 2.24) is 9.88 Å². The van der Waals surface area contributed by atoms with Gasteiger partial charge in [-0.1, -0.05) is 30.1 Å². The number of rotatable bonds is 8. The van der Waals surface area contributed by atoms with Crippen LogP contribution in [-0.4, -0.2) is 61.8 Å². The maximum absolute atomic E-state index is 12.9. The number of pyridine rings is 1. The van der Waals surface area contributed by atoms with Crippen LogP contribution in [0.25, 0.3) is 10.9 Å². The minimum absolute atomic E-state index is 0.263. The Morgan fingerprint density at radius 3 is 2.46 bits per heavy atom. The smallest absolute Gasteiger partial charge is 0.341 e. The summed E-state index contributed by atoms with van der Waals surface area (Å²) in [5, 5.41) is 5.03. The highest BCUT2D eigenvalue weighted by Crippen LogP contribution is 2.39. The highest BCUT2D eigenvalue weighted by molar-refractivity contribution is 6.42. The van der Waals surface area contributed by atoms with Gasteiger partial charge in [-0.3, -0.25) is 4.98 Å². The molecule has 9 heteroatoms. The van der Waals surface area contributed by atoms with Crippen LogP contribution in [-0.2, 0) is 4.74 Å². The molecule has 0 aliphatic carbocycles. The van der Waals surface area contributed by atoms with Crippen molar-refractivity contribution in [3.63, 3.8) is 0 Å². The molecule has 2 heterocycles. The summed E-state index contributed by atoms with van der Waals surface area (Å²) in [6.07, 6.45) is 1.54. The average molecular weight is 517 g/mol. The predicted octanol–water partition coefficient (Wildman–Crippen LogP) is 6.00. The Bertz CT molecular complexity index is 1210. The van der Waals surface area contributed by atoms with Crippen LogP contribution in [0.4, 0.5) is 17.1 Å². The monoisotopic (exact) mass is 516 g/mol. The molecular weight excluding hydrogens is 487 g/mol. The number of benzene rings is 2. The van der Waals surface area contributed by atoms with E-state index in [4.69, 9.17) is 32.7 Å². The molecule has 2 aromatic carbocycles. The number of fused-ring (bicyclic) bond motifs is 1. The van der Waals surface area contributed by atoms with Crippen LogP contribution in [0.15, 0.2) is 36.5 Å². The van der Waals surface area contributed by atoms with Gasteiger partial charge in [0.15, 0.2) is 0 Å². The molecule has 0 saturated carbocycles. The molecule has 0 spiro atoms. The molecule has 0 atom stereocenters. The molecule has 1 aromatic heterocycles. The number of ether oxygens (including phenoxy) is 2. The van der Waals surface area contributed by atoms with Crippen molar-refractivity contribution < 1.29 is 14.3 Å². The van der Waals surface area contributed by atoms with Gasteiger partial charge in [0.05, 0.1) is 40.2 Å². The maximum Gasteiger partial charge on any atom is 0.341 e. The minimum atomic E-state index is -0.448. The SMILES string of the molecule is CCOC(=O)c1cnc2cc(OCC)c(N3CCN(CC)CC3)cc2c1Nc1ccc(Cl)c(Cl)c1. The normalized spacial score (nSPS) is 14.3. The topological polar surface area (TPSA) is 66.9 Å². The molecule has 0 unspecified atom stereocenters. The van der Waals surface area contributed by atoms with Crippen LogP contribution in [0.5, 0.6) is 5.75 Å². The number of carbonyl (C=O) groups excluding carboxylic acids is 1. The highest BCUT2D eigenvalue weighted by atomic mass is 35.5. The van der Waals surface area contributed by atoms with Crippen LogP contribution < -0.4 is 15.0 Å². The first-order chi connectivity index (χ1) is 16.9. The molecule has 1 saturated heterocycles. The fourth-order valence-electron chi connectivity index (χ4n) is 4.25. The van der Waals surface area contributed by atoms with E-state index in [1.165, 1.54) is 6.20 Å². The van der Waals surface area contributed by atoms with E-state index in [0.29, 0.717) is 39.1 Å². The van der Waals surface area contributed by atoms with Gasteiger partial charge in [-0.2, -0.15) is 0 Å². The Balaban J connectivity index is 1.86. The van der Waals surface area contributed by atoms with Gasteiger partial charge in [-0.25, -0.2) is 4.79 Å². The predicted molar refractivity (Wildman–Crippen MR) is 143 cm³/mol. The summed E-state index contributed by atoms with van der Waals surface area (Å²) in [4.78, 5) is 22.2. The van der Waals surface area contributed by atoms with E-state index < -0.39 is 5.97 Å². The van der Waals surface area contributed by atoms with Gasteiger partial charge < -0.3 is 24.6 Å². The van der Waals surface area contributed by atoms with Crippen molar-refractivity contribution in [3.05, 3.63) is 52.1 Å². The highest BCUT2D eigenvalue weighted by Gasteiger charge is 2.23. The molecule has 1 fully saturated rings. The van der Waals surface area contributed by atoms with Crippen LogP contribution >= 0.6 is 23.2 Å². The third-order valence-corrected chi connectivity index (χ3v) is 6.83. The number of esters is 1. The third kappa shape index (κ3) is 5.58. The first-order valence-electron chi connectivity index (χ1n) is 11.9. The summed E-state index contributed by atoms with van der Waals surface area (Å²) in [6.45, 7) is 11.5. The van der Waals surface area contributed by atoms with Crippen LogP contribution in [0, 0.1) is 0 Å². The molecule has 1 aliphatic heterocycles. The first kappa shape index (κ1) is 25.4. The van der Waals surface area contributed by atoms with Crippen LogP contribution in [0.2, 0.25) is 10.0 Å². The fraction of sp³-hybridized carbons (Fsp3) is 0.385. The molecular formula is C26H30Cl2N4O3. The fourth-order valence-corrected chi connectivity index (χ4v) is 4.55. The van der Waals surface area contributed by atoms with Gasteiger partial charge in [0.25, 0.3) is 0 Å². The summed E-state index contributed by atoms with van der Waals surface area (Å²) in [6, 6.07) is 9.25. The van der Waals surface area contributed by atoms with Crippen molar-refractivity contribution in [2.75, 3.05) is 56.2 Å². The molecule has 0 bridgehead atoms. The number of anilines is 3. The van der Waals surface area contributed by atoms with Crippen LogP contribution in [0.1, 0.15) is 31.1 Å². The maximum atomic E-state index is 12.9. The van der Waals surface area contributed by atoms with E-state index in [1.807, 2.05) is 19.1 Å². The van der Waals surface area contributed by atoms with Gasteiger partial charge in [0.2, 0.25) is 0 Å². The quantitative estimate of drug-likeness (QED) is 0.368. The number of aromatic nitrogens is 1. The number of piperazine rings is 1. The molecule has 3 aromatic rings. The molecule has 4 rings (SSSR count). The second-order valence-corrected chi connectivity index (χ2v) is 9.03. The van der Waals surface area contributed by atoms with E-state index in [2.05, 4.69) is 33.1 Å². The second-order valence-electron chi connectivity index (χ2n) is 8.21. The van der Waals surface area contributed by atoms with Gasteiger partial charge in [0.1, 0.15) is 11.3 Å². The average Bonchev–Trinajstić information content (AvgIpc) is 2.86. The molecule has 7 nitrogen and oxygen atoms in total. The minimum Gasteiger partial charge on any atom is -0.492 e. The Labute approximate surface area is 215 Å². The third-order valence-electron chi connectivity index (χ3n) is 6.09. The standard InChI is InChI=1S/C26H30Cl2N4O3/c1-4-31-9-11-32(12-10-31)23-14-18-22(15-24(23)34-5-2)29-16-19(26(33)35-6-3)25(18)30-17-7-8-20(27)21(28)13-17/h7-8,13-16H,4-6,9-12H2,1-3H3,(H,29,30). The van der Waals surface area contributed by atoms with Crippen molar-refractivity contribution in [2.45, 2.75) is 20.8 Å². The summed E-state index contributed by atoms with van der Waals surface area (Å²) in [5.41, 5.74) is 3.33. The molecule has 0 amide bonds. The second kappa shape index (κ2) is 11.3. The summed E-state index contributed by atoms with van der Waals surface area (Å²) in [5.74, 6) is 0.332.